The van der Waals surface area contributed by atoms with E-state index in [1.165, 1.54) is 6.92 Å². The molecule has 1 aliphatic rings. The minimum Gasteiger partial charge on any atom is -0.457 e. The highest BCUT2D eigenvalue weighted by molar-refractivity contribution is 5.96. The Morgan fingerprint density at radius 2 is 1.44 bits per heavy atom. The van der Waals surface area contributed by atoms with Crippen molar-refractivity contribution < 1.29 is 23.9 Å². The van der Waals surface area contributed by atoms with Crippen molar-refractivity contribution >= 4 is 23.5 Å². The van der Waals surface area contributed by atoms with E-state index in [9.17, 15) is 14.4 Å². The molecule has 0 unspecified atom stereocenters. The summed E-state index contributed by atoms with van der Waals surface area (Å²) in [5, 5.41) is 5.35. The number of fused-ring (bicyclic) bond motifs is 2. The molecule has 1 atom stereocenters. The normalized spacial score (nSPS) is 13.0. The van der Waals surface area contributed by atoms with E-state index in [0.717, 1.165) is 16.8 Å². The summed E-state index contributed by atoms with van der Waals surface area (Å²) in [5.41, 5.74) is 3.93. The largest absolute Gasteiger partial charge is 0.457 e. The van der Waals surface area contributed by atoms with Crippen LogP contribution in [0.25, 0.3) is 0 Å². The smallest absolute Gasteiger partial charge is 0.318 e. The standard InChI is InChI=1S/C27H26N2O5/c1-16-9-8-10-17(2)25(16)29-23(30)15-28-26(31)18(3)33-27(32)24-19-11-4-6-13-21(19)34-22-14-7-5-12-20(22)24/h4-14,18,24H,15H2,1-3H3,(H,28,31)(H,29,30)/t18-/m1/s1. The number of rotatable bonds is 6. The lowest BCUT2D eigenvalue weighted by atomic mass is 9.88. The Balaban J connectivity index is 1.39. The van der Waals surface area contributed by atoms with Crippen LogP contribution in [0.4, 0.5) is 5.69 Å². The van der Waals surface area contributed by atoms with Crippen molar-refractivity contribution in [1.29, 1.82) is 0 Å². The number of esters is 1. The van der Waals surface area contributed by atoms with Gasteiger partial charge in [0.05, 0.1) is 6.54 Å². The molecule has 0 saturated heterocycles. The summed E-state index contributed by atoms with van der Waals surface area (Å²) >= 11 is 0. The first-order valence-electron chi connectivity index (χ1n) is 11.0. The fraction of sp³-hybridized carbons (Fsp3) is 0.222. The lowest BCUT2D eigenvalue weighted by Gasteiger charge is -2.27. The maximum Gasteiger partial charge on any atom is 0.318 e. The molecular weight excluding hydrogens is 432 g/mol. The van der Waals surface area contributed by atoms with Crippen LogP contribution in [0.1, 0.15) is 35.1 Å². The van der Waals surface area contributed by atoms with Gasteiger partial charge < -0.3 is 20.1 Å². The van der Waals surface area contributed by atoms with Gasteiger partial charge in [-0.2, -0.15) is 0 Å². The van der Waals surface area contributed by atoms with E-state index >= 15 is 0 Å². The van der Waals surface area contributed by atoms with Gasteiger partial charge >= 0.3 is 5.97 Å². The van der Waals surface area contributed by atoms with Crippen molar-refractivity contribution in [3.8, 4) is 11.5 Å². The summed E-state index contributed by atoms with van der Waals surface area (Å²) in [6.45, 7) is 5.04. The van der Waals surface area contributed by atoms with E-state index in [1.54, 1.807) is 24.3 Å². The van der Waals surface area contributed by atoms with E-state index in [4.69, 9.17) is 9.47 Å². The topological polar surface area (TPSA) is 93.7 Å². The number of anilines is 1. The van der Waals surface area contributed by atoms with Crippen LogP contribution in [0.5, 0.6) is 11.5 Å². The first-order valence-corrected chi connectivity index (χ1v) is 11.0. The van der Waals surface area contributed by atoms with Crippen LogP contribution in [0.15, 0.2) is 66.7 Å². The van der Waals surface area contributed by atoms with Crippen molar-refractivity contribution in [2.45, 2.75) is 32.8 Å². The van der Waals surface area contributed by atoms with Crippen LogP contribution < -0.4 is 15.4 Å². The molecule has 0 aliphatic carbocycles. The third kappa shape index (κ3) is 4.78. The molecule has 0 aromatic heterocycles. The Morgan fingerprint density at radius 1 is 0.882 bits per heavy atom. The second-order valence-corrected chi connectivity index (χ2v) is 8.22. The minimum absolute atomic E-state index is 0.239. The lowest BCUT2D eigenvalue weighted by Crippen LogP contribution is -2.41. The first-order chi connectivity index (χ1) is 16.3. The van der Waals surface area contributed by atoms with Gasteiger partial charge in [0.2, 0.25) is 5.91 Å². The van der Waals surface area contributed by atoms with Crippen LogP contribution in [-0.4, -0.2) is 30.4 Å². The second-order valence-electron chi connectivity index (χ2n) is 8.22. The quantitative estimate of drug-likeness (QED) is 0.539. The number of aryl methyl sites for hydroxylation is 2. The van der Waals surface area contributed by atoms with Crippen molar-refractivity contribution in [1.82, 2.24) is 5.32 Å². The van der Waals surface area contributed by atoms with Gasteiger partial charge in [-0.15, -0.1) is 0 Å². The molecule has 2 N–H and O–H groups in total. The van der Waals surface area contributed by atoms with Gasteiger partial charge in [-0.05, 0) is 44.0 Å². The predicted molar refractivity (Wildman–Crippen MR) is 128 cm³/mol. The molecule has 1 heterocycles. The Morgan fingerprint density at radius 3 is 2.03 bits per heavy atom. The Bertz CT molecular complexity index is 1190. The number of amides is 2. The summed E-state index contributed by atoms with van der Waals surface area (Å²) < 4.78 is 11.4. The first kappa shape index (κ1) is 23.0. The van der Waals surface area contributed by atoms with Crippen LogP contribution in [0, 0.1) is 13.8 Å². The molecule has 3 aromatic rings. The van der Waals surface area contributed by atoms with Crippen molar-refractivity contribution in [3.63, 3.8) is 0 Å². The van der Waals surface area contributed by atoms with Crippen molar-refractivity contribution in [2.24, 2.45) is 0 Å². The molecular formula is C27H26N2O5. The maximum atomic E-state index is 13.2. The van der Waals surface area contributed by atoms with Crippen LogP contribution >= 0.6 is 0 Å². The maximum absolute atomic E-state index is 13.2. The van der Waals surface area contributed by atoms with Crippen LogP contribution in [0.2, 0.25) is 0 Å². The zero-order valence-corrected chi connectivity index (χ0v) is 19.3. The Hall–Kier alpha value is -4.13. The number of hydrogen-bond acceptors (Lipinski definition) is 5. The highest BCUT2D eigenvalue weighted by atomic mass is 16.5. The molecule has 0 spiro atoms. The predicted octanol–water partition coefficient (Wildman–Crippen LogP) is 4.23. The minimum atomic E-state index is -1.08. The summed E-state index contributed by atoms with van der Waals surface area (Å²) in [6, 6.07) is 20.2. The number of para-hydroxylation sites is 3. The van der Waals surface area contributed by atoms with Gasteiger partial charge in [0, 0.05) is 16.8 Å². The third-order valence-electron chi connectivity index (χ3n) is 5.75. The molecule has 1 aliphatic heterocycles. The highest BCUT2D eigenvalue weighted by Gasteiger charge is 2.35. The van der Waals surface area contributed by atoms with Crippen LogP contribution in [0.3, 0.4) is 0 Å². The fourth-order valence-electron chi connectivity index (χ4n) is 3.97. The number of nitrogens with one attached hydrogen (secondary N) is 2. The molecule has 34 heavy (non-hydrogen) atoms. The number of hydrogen-bond donors (Lipinski definition) is 2. The van der Waals surface area contributed by atoms with Crippen LogP contribution in [-0.2, 0) is 19.1 Å². The molecule has 174 valence electrons. The number of carbonyl (C=O) groups is 3. The zero-order chi connectivity index (χ0) is 24.2. The zero-order valence-electron chi connectivity index (χ0n) is 19.3. The Labute approximate surface area is 198 Å². The molecule has 7 heteroatoms. The van der Waals surface area contributed by atoms with Gasteiger partial charge in [-0.1, -0.05) is 54.6 Å². The molecule has 0 bridgehead atoms. The van der Waals surface area contributed by atoms with Gasteiger partial charge in [-0.3, -0.25) is 14.4 Å². The number of ether oxygens (including phenoxy) is 2. The van der Waals surface area contributed by atoms with E-state index in [2.05, 4.69) is 10.6 Å². The van der Waals surface area contributed by atoms with E-state index in [-0.39, 0.29) is 12.5 Å². The fourth-order valence-corrected chi connectivity index (χ4v) is 3.97. The number of carbonyl (C=O) groups excluding carboxylic acids is 3. The van der Waals surface area contributed by atoms with Gasteiger partial charge in [0.25, 0.3) is 5.91 Å². The average molecular weight is 459 g/mol. The molecule has 0 radical (unpaired) electrons. The molecule has 4 rings (SSSR count). The SMILES string of the molecule is Cc1cccc(C)c1NC(=O)CNC(=O)[C@@H](C)OC(=O)C1c2ccccc2Oc2ccccc21. The molecule has 3 aromatic carbocycles. The summed E-state index contributed by atoms with van der Waals surface area (Å²) in [7, 11) is 0. The monoisotopic (exact) mass is 458 g/mol. The third-order valence-corrected chi connectivity index (χ3v) is 5.75. The summed E-state index contributed by atoms with van der Waals surface area (Å²) in [5.74, 6) is -1.06. The summed E-state index contributed by atoms with van der Waals surface area (Å²) in [4.78, 5) is 38.0. The van der Waals surface area contributed by atoms with E-state index in [0.29, 0.717) is 22.6 Å². The van der Waals surface area contributed by atoms with Gasteiger partial charge in [0.15, 0.2) is 6.10 Å². The molecule has 7 nitrogen and oxygen atoms in total. The molecule has 2 amide bonds. The highest BCUT2D eigenvalue weighted by Crippen LogP contribution is 2.44. The second kappa shape index (κ2) is 9.79. The number of benzene rings is 3. The summed E-state index contributed by atoms with van der Waals surface area (Å²) in [6.07, 6.45) is -1.08. The van der Waals surface area contributed by atoms with Crippen molar-refractivity contribution in [3.05, 3.63) is 89.0 Å². The molecule has 0 saturated carbocycles. The average Bonchev–Trinajstić information content (AvgIpc) is 2.83. The lowest BCUT2D eigenvalue weighted by molar-refractivity contribution is -0.155. The van der Waals surface area contributed by atoms with Gasteiger partial charge in [0.1, 0.15) is 17.4 Å². The van der Waals surface area contributed by atoms with Crippen molar-refractivity contribution in [2.75, 3.05) is 11.9 Å². The van der Waals surface area contributed by atoms with Gasteiger partial charge in [-0.25, -0.2) is 0 Å². The van der Waals surface area contributed by atoms with E-state index in [1.807, 2.05) is 56.3 Å². The van der Waals surface area contributed by atoms with E-state index < -0.39 is 23.9 Å². The molecule has 0 fully saturated rings. The Kier molecular flexibility index (Phi) is 6.63.